The Morgan fingerprint density at radius 3 is 2.54 bits per heavy atom. The van der Waals surface area contributed by atoms with E-state index in [4.69, 9.17) is 9.47 Å². The van der Waals surface area contributed by atoms with Crippen LogP contribution in [-0.4, -0.2) is 12.7 Å². The summed E-state index contributed by atoms with van der Waals surface area (Å²) >= 11 is 0. The molecule has 2 unspecified atom stereocenters. The minimum atomic E-state index is 0.182. The van der Waals surface area contributed by atoms with E-state index in [-0.39, 0.29) is 12.2 Å². The standard InChI is InChI=1S/C22H22O2/c1-2-7-17(8-3-1)15-23-16-19-13-14-22(24-19)21-12-6-10-18-9-4-5-11-20(18)21/h1-12,19,22H,13-16H2. The van der Waals surface area contributed by atoms with Crippen molar-refractivity contribution in [3.8, 4) is 0 Å². The van der Waals surface area contributed by atoms with Gasteiger partial charge in [-0.05, 0) is 34.7 Å². The van der Waals surface area contributed by atoms with Crippen molar-refractivity contribution in [3.63, 3.8) is 0 Å². The molecule has 0 N–H and O–H groups in total. The molecule has 3 aromatic rings. The van der Waals surface area contributed by atoms with Gasteiger partial charge in [0.2, 0.25) is 0 Å². The van der Waals surface area contributed by atoms with Crippen LogP contribution in [0.1, 0.15) is 30.1 Å². The van der Waals surface area contributed by atoms with Gasteiger partial charge < -0.3 is 9.47 Å². The molecule has 1 aliphatic heterocycles. The second-order valence-electron chi connectivity index (χ2n) is 6.39. The fourth-order valence-corrected chi connectivity index (χ4v) is 3.47. The van der Waals surface area contributed by atoms with Gasteiger partial charge in [0.05, 0.1) is 25.4 Å². The molecule has 1 aliphatic rings. The fraction of sp³-hybridized carbons (Fsp3) is 0.273. The number of rotatable bonds is 5. The van der Waals surface area contributed by atoms with Gasteiger partial charge in [-0.15, -0.1) is 0 Å². The van der Waals surface area contributed by atoms with E-state index in [1.54, 1.807) is 0 Å². The lowest BCUT2D eigenvalue weighted by molar-refractivity contribution is -0.0200. The second-order valence-corrected chi connectivity index (χ2v) is 6.39. The van der Waals surface area contributed by atoms with E-state index in [2.05, 4.69) is 54.6 Å². The molecule has 3 aromatic carbocycles. The molecule has 0 spiro atoms. The summed E-state index contributed by atoms with van der Waals surface area (Å²) in [6.45, 7) is 1.32. The Kier molecular flexibility index (Phi) is 4.59. The van der Waals surface area contributed by atoms with E-state index in [1.807, 2.05) is 18.2 Å². The summed E-state index contributed by atoms with van der Waals surface area (Å²) in [5.41, 5.74) is 2.51. The van der Waals surface area contributed by atoms with Crippen LogP contribution in [-0.2, 0) is 16.1 Å². The van der Waals surface area contributed by atoms with Crippen LogP contribution in [0.25, 0.3) is 10.8 Å². The predicted molar refractivity (Wildman–Crippen MR) is 96.9 cm³/mol. The minimum Gasteiger partial charge on any atom is -0.374 e. The van der Waals surface area contributed by atoms with Crippen molar-refractivity contribution in [2.75, 3.05) is 6.61 Å². The molecule has 0 aliphatic carbocycles. The van der Waals surface area contributed by atoms with E-state index in [9.17, 15) is 0 Å². The van der Waals surface area contributed by atoms with Gasteiger partial charge in [-0.1, -0.05) is 72.8 Å². The third-order valence-electron chi connectivity index (χ3n) is 4.69. The highest BCUT2D eigenvalue weighted by Gasteiger charge is 2.27. The SMILES string of the molecule is c1ccc(COCC2CCC(c3cccc4ccccc34)O2)cc1. The first-order valence-electron chi connectivity index (χ1n) is 8.65. The van der Waals surface area contributed by atoms with E-state index in [1.165, 1.54) is 21.9 Å². The van der Waals surface area contributed by atoms with Crippen molar-refractivity contribution < 1.29 is 9.47 Å². The lowest BCUT2D eigenvalue weighted by Gasteiger charge is -2.16. The monoisotopic (exact) mass is 318 g/mol. The van der Waals surface area contributed by atoms with Crippen LogP contribution >= 0.6 is 0 Å². The van der Waals surface area contributed by atoms with Crippen LogP contribution in [0.5, 0.6) is 0 Å². The maximum atomic E-state index is 6.27. The lowest BCUT2D eigenvalue weighted by atomic mass is 9.99. The molecule has 0 saturated carbocycles. The normalized spacial score (nSPS) is 20.5. The Labute approximate surface area is 143 Å². The largest absolute Gasteiger partial charge is 0.374 e. The number of ether oxygens (including phenoxy) is 2. The number of hydrogen-bond donors (Lipinski definition) is 0. The molecule has 0 radical (unpaired) electrons. The van der Waals surface area contributed by atoms with Gasteiger partial charge in [-0.25, -0.2) is 0 Å². The molecule has 2 heteroatoms. The second kappa shape index (κ2) is 7.16. The van der Waals surface area contributed by atoms with E-state index >= 15 is 0 Å². The highest BCUT2D eigenvalue weighted by Crippen LogP contribution is 2.36. The van der Waals surface area contributed by atoms with Gasteiger partial charge in [0.1, 0.15) is 0 Å². The molecule has 24 heavy (non-hydrogen) atoms. The Bertz CT molecular complexity index is 792. The van der Waals surface area contributed by atoms with Crippen LogP contribution in [0.15, 0.2) is 72.8 Å². The Balaban J connectivity index is 1.37. The smallest absolute Gasteiger partial charge is 0.0836 e. The predicted octanol–water partition coefficient (Wildman–Crippen LogP) is 5.28. The molecule has 1 heterocycles. The van der Waals surface area contributed by atoms with Gasteiger partial charge in [-0.2, -0.15) is 0 Å². The highest BCUT2D eigenvalue weighted by molar-refractivity contribution is 5.86. The van der Waals surface area contributed by atoms with Crippen LogP contribution < -0.4 is 0 Å². The molecule has 122 valence electrons. The first-order valence-corrected chi connectivity index (χ1v) is 8.65. The first-order chi connectivity index (χ1) is 11.9. The van der Waals surface area contributed by atoms with Crippen molar-refractivity contribution in [2.45, 2.75) is 31.7 Å². The molecule has 1 fully saturated rings. The highest BCUT2D eigenvalue weighted by atomic mass is 16.5. The zero-order valence-corrected chi connectivity index (χ0v) is 13.7. The summed E-state index contributed by atoms with van der Waals surface area (Å²) in [5.74, 6) is 0. The average molecular weight is 318 g/mol. The summed E-state index contributed by atoms with van der Waals surface area (Å²) in [4.78, 5) is 0. The van der Waals surface area contributed by atoms with Gasteiger partial charge >= 0.3 is 0 Å². The van der Waals surface area contributed by atoms with Crippen molar-refractivity contribution in [2.24, 2.45) is 0 Å². The minimum absolute atomic E-state index is 0.182. The van der Waals surface area contributed by atoms with E-state index in [0.717, 1.165) is 12.8 Å². The molecule has 4 rings (SSSR count). The molecule has 2 atom stereocenters. The number of fused-ring (bicyclic) bond motifs is 1. The third kappa shape index (κ3) is 3.35. The average Bonchev–Trinajstić information content (AvgIpc) is 3.11. The molecule has 2 nitrogen and oxygen atoms in total. The Morgan fingerprint density at radius 1 is 0.833 bits per heavy atom. The summed E-state index contributed by atoms with van der Waals surface area (Å²) in [6.07, 6.45) is 2.50. The van der Waals surface area contributed by atoms with Crippen molar-refractivity contribution in [3.05, 3.63) is 83.9 Å². The fourth-order valence-electron chi connectivity index (χ4n) is 3.47. The number of hydrogen-bond acceptors (Lipinski definition) is 2. The van der Waals surface area contributed by atoms with Crippen molar-refractivity contribution >= 4 is 10.8 Å². The van der Waals surface area contributed by atoms with Gasteiger partial charge in [-0.3, -0.25) is 0 Å². The molecule has 0 amide bonds. The summed E-state index contributed by atoms with van der Waals surface area (Å²) in [7, 11) is 0. The molecular formula is C22H22O2. The zero-order valence-electron chi connectivity index (χ0n) is 13.7. The molecular weight excluding hydrogens is 296 g/mol. The van der Waals surface area contributed by atoms with Crippen molar-refractivity contribution in [1.29, 1.82) is 0 Å². The maximum absolute atomic E-state index is 6.27. The maximum Gasteiger partial charge on any atom is 0.0836 e. The van der Waals surface area contributed by atoms with E-state index < -0.39 is 0 Å². The van der Waals surface area contributed by atoms with Crippen LogP contribution in [0.4, 0.5) is 0 Å². The van der Waals surface area contributed by atoms with Crippen molar-refractivity contribution in [1.82, 2.24) is 0 Å². The van der Waals surface area contributed by atoms with Gasteiger partial charge in [0, 0.05) is 0 Å². The molecule has 1 saturated heterocycles. The zero-order chi connectivity index (χ0) is 16.2. The quantitative estimate of drug-likeness (QED) is 0.637. The molecule has 0 aromatic heterocycles. The molecule has 0 bridgehead atoms. The lowest BCUT2D eigenvalue weighted by Crippen LogP contribution is -2.14. The Hall–Kier alpha value is -2.16. The van der Waals surface area contributed by atoms with Gasteiger partial charge in [0.15, 0.2) is 0 Å². The summed E-state index contributed by atoms with van der Waals surface area (Å²) in [5, 5.41) is 2.58. The Morgan fingerprint density at radius 2 is 1.62 bits per heavy atom. The van der Waals surface area contributed by atoms with E-state index in [0.29, 0.717) is 13.2 Å². The number of benzene rings is 3. The summed E-state index contributed by atoms with van der Waals surface area (Å²) < 4.78 is 12.1. The first kappa shape index (κ1) is 15.4. The van der Waals surface area contributed by atoms with Gasteiger partial charge in [0.25, 0.3) is 0 Å². The summed E-state index contributed by atoms with van der Waals surface area (Å²) in [6, 6.07) is 25.3. The third-order valence-corrected chi connectivity index (χ3v) is 4.69. The van der Waals surface area contributed by atoms with Crippen LogP contribution in [0.3, 0.4) is 0 Å². The van der Waals surface area contributed by atoms with Crippen LogP contribution in [0.2, 0.25) is 0 Å². The van der Waals surface area contributed by atoms with Crippen LogP contribution in [0, 0.1) is 0 Å². The topological polar surface area (TPSA) is 18.5 Å².